The SMILES string of the molecule is O=C(CN1CCOCC1)NCc1noc(-c2c(F)cccc2F)n1. The number of hydrogen-bond donors (Lipinski definition) is 1. The van der Waals surface area contributed by atoms with E-state index in [0.717, 1.165) is 12.1 Å². The van der Waals surface area contributed by atoms with Crippen LogP contribution in [0.1, 0.15) is 5.82 Å². The minimum Gasteiger partial charge on any atom is -0.379 e. The van der Waals surface area contributed by atoms with Crippen molar-refractivity contribution >= 4 is 5.91 Å². The number of rotatable bonds is 5. The van der Waals surface area contributed by atoms with Gasteiger partial charge in [0, 0.05) is 13.1 Å². The summed E-state index contributed by atoms with van der Waals surface area (Å²) in [5, 5.41) is 6.27. The Bertz CT molecular complexity index is 696. The molecule has 0 spiro atoms. The number of ether oxygens (including phenoxy) is 1. The molecule has 1 aromatic heterocycles. The smallest absolute Gasteiger partial charge is 0.263 e. The van der Waals surface area contributed by atoms with Crippen molar-refractivity contribution in [1.82, 2.24) is 20.4 Å². The van der Waals surface area contributed by atoms with Crippen molar-refractivity contribution in [3.63, 3.8) is 0 Å². The summed E-state index contributed by atoms with van der Waals surface area (Å²) >= 11 is 0. The van der Waals surface area contributed by atoms with E-state index in [1.165, 1.54) is 6.07 Å². The standard InChI is InChI=1S/C15H16F2N4O3/c16-10-2-1-3-11(17)14(10)15-19-12(20-24-15)8-18-13(22)9-21-4-6-23-7-5-21/h1-3H,4-9H2,(H,18,22). The lowest BCUT2D eigenvalue weighted by molar-refractivity contribution is -0.123. The molecule has 2 heterocycles. The summed E-state index contributed by atoms with van der Waals surface area (Å²) < 4.78 is 37.4. The van der Waals surface area contributed by atoms with E-state index in [9.17, 15) is 13.6 Å². The topological polar surface area (TPSA) is 80.5 Å². The van der Waals surface area contributed by atoms with E-state index >= 15 is 0 Å². The number of carbonyl (C=O) groups is 1. The first kappa shape index (κ1) is 16.5. The second-order valence-electron chi connectivity index (χ2n) is 5.28. The van der Waals surface area contributed by atoms with Gasteiger partial charge in [-0.3, -0.25) is 9.69 Å². The van der Waals surface area contributed by atoms with E-state index in [0.29, 0.717) is 26.3 Å². The summed E-state index contributed by atoms with van der Waals surface area (Å²) in [4.78, 5) is 17.8. The van der Waals surface area contributed by atoms with E-state index < -0.39 is 11.6 Å². The lowest BCUT2D eigenvalue weighted by atomic mass is 10.2. The number of morpholine rings is 1. The molecule has 0 atom stereocenters. The zero-order valence-corrected chi connectivity index (χ0v) is 12.8. The van der Waals surface area contributed by atoms with E-state index in [-0.39, 0.29) is 36.3 Å². The third kappa shape index (κ3) is 3.92. The number of benzene rings is 1. The van der Waals surface area contributed by atoms with Gasteiger partial charge < -0.3 is 14.6 Å². The van der Waals surface area contributed by atoms with Gasteiger partial charge >= 0.3 is 0 Å². The number of nitrogens with one attached hydrogen (secondary N) is 1. The highest BCUT2D eigenvalue weighted by Crippen LogP contribution is 2.24. The molecule has 3 rings (SSSR count). The molecule has 1 saturated heterocycles. The number of amides is 1. The highest BCUT2D eigenvalue weighted by molar-refractivity contribution is 5.77. The van der Waals surface area contributed by atoms with Crippen molar-refractivity contribution in [1.29, 1.82) is 0 Å². The molecule has 0 aliphatic carbocycles. The van der Waals surface area contributed by atoms with Gasteiger partial charge in [-0.15, -0.1) is 0 Å². The van der Waals surface area contributed by atoms with Crippen molar-refractivity contribution in [2.24, 2.45) is 0 Å². The van der Waals surface area contributed by atoms with Gasteiger partial charge in [-0.1, -0.05) is 11.2 Å². The molecule has 0 radical (unpaired) electrons. The summed E-state index contributed by atoms with van der Waals surface area (Å²) in [5.41, 5.74) is -0.379. The van der Waals surface area contributed by atoms with Crippen LogP contribution in [0.5, 0.6) is 0 Å². The quantitative estimate of drug-likeness (QED) is 0.875. The number of nitrogens with zero attached hydrogens (tertiary/aromatic N) is 3. The molecule has 24 heavy (non-hydrogen) atoms. The lowest BCUT2D eigenvalue weighted by Crippen LogP contribution is -2.43. The number of carbonyl (C=O) groups excluding carboxylic acids is 1. The second-order valence-corrected chi connectivity index (χ2v) is 5.28. The van der Waals surface area contributed by atoms with Crippen LogP contribution in [0, 0.1) is 11.6 Å². The number of aromatic nitrogens is 2. The molecule has 9 heteroatoms. The maximum absolute atomic E-state index is 13.7. The molecular weight excluding hydrogens is 322 g/mol. The summed E-state index contributed by atoms with van der Waals surface area (Å²) in [6.45, 7) is 2.88. The Balaban J connectivity index is 1.57. The Labute approximate surface area is 136 Å². The Morgan fingerprint density at radius 2 is 1.96 bits per heavy atom. The maximum atomic E-state index is 13.7. The minimum atomic E-state index is -0.790. The molecule has 2 aromatic rings. The average molecular weight is 338 g/mol. The van der Waals surface area contributed by atoms with E-state index in [4.69, 9.17) is 9.26 Å². The largest absolute Gasteiger partial charge is 0.379 e. The van der Waals surface area contributed by atoms with Gasteiger partial charge in [-0.05, 0) is 12.1 Å². The van der Waals surface area contributed by atoms with Crippen LogP contribution in [0.2, 0.25) is 0 Å². The molecule has 1 aromatic carbocycles. The monoisotopic (exact) mass is 338 g/mol. The van der Waals surface area contributed by atoms with E-state index in [2.05, 4.69) is 15.5 Å². The molecule has 7 nitrogen and oxygen atoms in total. The van der Waals surface area contributed by atoms with Crippen molar-refractivity contribution in [3.8, 4) is 11.5 Å². The first-order valence-electron chi connectivity index (χ1n) is 7.47. The van der Waals surface area contributed by atoms with Crippen LogP contribution in [0.25, 0.3) is 11.5 Å². The predicted molar refractivity (Wildman–Crippen MR) is 78.8 cm³/mol. The summed E-state index contributed by atoms with van der Waals surface area (Å²) in [7, 11) is 0. The van der Waals surface area contributed by atoms with Gasteiger partial charge in [0.15, 0.2) is 5.82 Å². The minimum absolute atomic E-state index is 0.0166. The Kier molecular flexibility index (Phi) is 5.11. The molecule has 1 amide bonds. The van der Waals surface area contributed by atoms with Crippen molar-refractivity contribution in [3.05, 3.63) is 35.7 Å². The van der Waals surface area contributed by atoms with Crippen LogP contribution < -0.4 is 5.32 Å². The zero-order valence-electron chi connectivity index (χ0n) is 12.8. The van der Waals surface area contributed by atoms with Crippen LogP contribution >= 0.6 is 0 Å². The van der Waals surface area contributed by atoms with Crippen LogP contribution in [0.15, 0.2) is 22.7 Å². The Morgan fingerprint density at radius 3 is 2.67 bits per heavy atom. The molecule has 1 aliphatic heterocycles. The average Bonchev–Trinajstić information content (AvgIpc) is 3.02. The van der Waals surface area contributed by atoms with Crippen LogP contribution in [-0.2, 0) is 16.1 Å². The molecule has 0 unspecified atom stereocenters. The zero-order chi connectivity index (χ0) is 16.9. The van der Waals surface area contributed by atoms with Crippen molar-refractivity contribution in [2.45, 2.75) is 6.54 Å². The lowest BCUT2D eigenvalue weighted by Gasteiger charge is -2.25. The Morgan fingerprint density at radius 1 is 1.25 bits per heavy atom. The third-order valence-corrected chi connectivity index (χ3v) is 3.56. The van der Waals surface area contributed by atoms with Gasteiger partial charge in [-0.2, -0.15) is 4.98 Å². The number of halogens is 2. The highest BCUT2D eigenvalue weighted by atomic mass is 19.1. The van der Waals surface area contributed by atoms with Gasteiger partial charge in [-0.25, -0.2) is 8.78 Å². The van der Waals surface area contributed by atoms with E-state index in [1.54, 1.807) is 0 Å². The molecule has 1 N–H and O–H groups in total. The molecule has 128 valence electrons. The fraction of sp³-hybridized carbons (Fsp3) is 0.400. The van der Waals surface area contributed by atoms with Crippen LogP contribution in [-0.4, -0.2) is 53.8 Å². The normalized spacial score (nSPS) is 15.4. The first-order chi connectivity index (χ1) is 11.6. The van der Waals surface area contributed by atoms with Crippen LogP contribution in [0.4, 0.5) is 8.78 Å². The first-order valence-corrected chi connectivity index (χ1v) is 7.47. The fourth-order valence-corrected chi connectivity index (χ4v) is 2.33. The Hall–Kier alpha value is -2.39. The number of hydrogen-bond acceptors (Lipinski definition) is 6. The summed E-state index contributed by atoms with van der Waals surface area (Å²) in [5.74, 6) is -1.89. The van der Waals surface area contributed by atoms with Gasteiger partial charge in [0.1, 0.15) is 17.2 Å². The fourth-order valence-electron chi connectivity index (χ4n) is 2.33. The molecule has 1 aliphatic rings. The predicted octanol–water partition coefficient (Wildman–Crippen LogP) is 0.963. The molecular formula is C15H16F2N4O3. The van der Waals surface area contributed by atoms with Gasteiger partial charge in [0.2, 0.25) is 5.91 Å². The highest BCUT2D eigenvalue weighted by Gasteiger charge is 2.19. The van der Waals surface area contributed by atoms with E-state index in [1.807, 2.05) is 4.90 Å². The third-order valence-electron chi connectivity index (χ3n) is 3.56. The molecule has 0 bridgehead atoms. The van der Waals surface area contributed by atoms with Crippen molar-refractivity contribution in [2.75, 3.05) is 32.8 Å². The van der Waals surface area contributed by atoms with Gasteiger partial charge in [0.05, 0.1) is 26.3 Å². The summed E-state index contributed by atoms with van der Waals surface area (Å²) in [6, 6.07) is 3.45. The second kappa shape index (κ2) is 7.45. The summed E-state index contributed by atoms with van der Waals surface area (Å²) in [6.07, 6.45) is 0. The maximum Gasteiger partial charge on any atom is 0.263 e. The van der Waals surface area contributed by atoms with Crippen LogP contribution in [0.3, 0.4) is 0 Å². The van der Waals surface area contributed by atoms with Crippen molar-refractivity contribution < 1.29 is 22.8 Å². The molecule has 1 fully saturated rings. The molecule has 0 saturated carbocycles. The van der Waals surface area contributed by atoms with Gasteiger partial charge in [0.25, 0.3) is 5.89 Å².